The summed E-state index contributed by atoms with van der Waals surface area (Å²) in [5, 5.41) is 0. The lowest BCUT2D eigenvalue weighted by Crippen LogP contribution is -2.29. The molecular formula is C22H17BrN2O. The summed E-state index contributed by atoms with van der Waals surface area (Å²) in [5.74, 6) is 0.0384. The molecule has 1 aromatic heterocycles. The maximum absolute atomic E-state index is 12.2. The van der Waals surface area contributed by atoms with Crippen molar-refractivity contribution in [3.8, 4) is 11.3 Å². The Kier molecular flexibility index (Phi) is 4.43. The van der Waals surface area contributed by atoms with Crippen LogP contribution in [0.25, 0.3) is 23.4 Å². The number of halogens is 1. The van der Waals surface area contributed by atoms with E-state index in [1.165, 1.54) is 0 Å². The summed E-state index contributed by atoms with van der Waals surface area (Å²) in [6, 6.07) is 20.2. The molecule has 1 aliphatic heterocycles. The SMILES string of the molecule is CC(=O)N1Cc2ccc(-c3cccc(Br)n3)cc2C=Cc2ccccc21. The van der Waals surface area contributed by atoms with Crippen LogP contribution in [-0.4, -0.2) is 10.9 Å². The minimum atomic E-state index is 0.0384. The fourth-order valence-corrected chi connectivity index (χ4v) is 3.56. The summed E-state index contributed by atoms with van der Waals surface area (Å²) >= 11 is 3.43. The quantitative estimate of drug-likeness (QED) is 0.498. The van der Waals surface area contributed by atoms with Gasteiger partial charge in [-0.15, -0.1) is 0 Å². The van der Waals surface area contributed by atoms with E-state index in [0.717, 1.165) is 38.2 Å². The van der Waals surface area contributed by atoms with Gasteiger partial charge in [-0.1, -0.05) is 48.6 Å². The molecule has 2 aromatic carbocycles. The molecule has 0 aliphatic carbocycles. The molecule has 0 spiro atoms. The number of carbonyl (C=O) groups is 1. The van der Waals surface area contributed by atoms with Crippen molar-refractivity contribution >= 4 is 39.7 Å². The number of aromatic nitrogens is 1. The number of pyridine rings is 1. The predicted octanol–water partition coefficient (Wildman–Crippen LogP) is 5.55. The van der Waals surface area contributed by atoms with Gasteiger partial charge in [0.05, 0.1) is 17.9 Å². The van der Waals surface area contributed by atoms with E-state index in [0.29, 0.717) is 6.54 Å². The Morgan fingerprint density at radius 2 is 1.81 bits per heavy atom. The number of hydrogen-bond acceptors (Lipinski definition) is 2. The third kappa shape index (κ3) is 3.20. The second kappa shape index (κ2) is 6.89. The molecule has 4 heteroatoms. The van der Waals surface area contributed by atoms with E-state index < -0.39 is 0 Å². The van der Waals surface area contributed by atoms with E-state index >= 15 is 0 Å². The Morgan fingerprint density at radius 1 is 1.00 bits per heavy atom. The number of rotatable bonds is 1. The number of amides is 1. The average molecular weight is 405 g/mol. The smallest absolute Gasteiger partial charge is 0.224 e. The number of para-hydroxylation sites is 1. The monoisotopic (exact) mass is 404 g/mol. The van der Waals surface area contributed by atoms with E-state index in [-0.39, 0.29) is 5.91 Å². The first-order valence-corrected chi connectivity index (χ1v) is 9.22. The Morgan fingerprint density at radius 3 is 2.62 bits per heavy atom. The number of hydrogen-bond donors (Lipinski definition) is 0. The van der Waals surface area contributed by atoms with Gasteiger partial charge in [0.2, 0.25) is 5.91 Å². The molecule has 2 heterocycles. The first-order valence-electron chi connectivity index (χ1n) is 8.43. The highest BCUT2D eigenvalue weighted by Gasteiger charge is 2.18. The van der Waals surface area contributed by atoms with Gasteiger partial charge >= 0.3 is 0 Å². The fourth-order valence-electron chi connectivity index (χ4n) is 3.21. The van der Waals surface area contributed by atoms with Crippen molar-refractivity contribution in [2.45, 2.75) is 13.5 Å². The van der Waals surface area contributed by atoms with Gasteiger partial charge in [0.1, 0.15) is 4.60 Å². The lowest BCUT2D eigenvalue weighted by molar-refractivity contribution is -0.116. The molecule has 0 N–H and O–H groups in total. The fraction of sp³-hybridized carbons (Fsp3) is 0.0909. The topological polar surface area (TPSA) is 33.2 Å². The van der Waals surface area contributed by atoms with Crippen LogP contribution in [-0.2, 0) is 11.3 Å². The maximum Gasteiger partial charge on any atom is 0.224 e. The molecule has 0 radical (unpaired) electrons. The molecule has 0 saturated carbocycles. The van der Waals surface area contributed by atoms with Crippen LogP contribution < -0.4 is 4.90 Å². The molecule has 0 saturated heterocycles. The van der Waals surface area contributed by atoms with Gasteiger partial charge in [-0.2, -0.15) is 0 Å². The van der Waals surface area contributed by atoms with Crippen molar-refractivity contribution in [2.24, 2.45) is 0 Å². The minimum absolute atomic E-state index is 0.0384. The average Bonchev–Trinajstić information content (AvgIpc) is 2.63. The summed E-state index contributed by atoms with van der Waals surface area (Å²) < 4.78 is 0.814. The highest BCUT2D eigenvalue weighted by molar-refractivity contribution is 9.10. The predicted molar refractivity (Wildman–Crippen MR) is 110 cm³/mol. The second-order valence-corrected chi connectivity index (χ2v) is 7.07. The zero-order valence-electron chi connectivity index (χ0n) is 14.3. The van der Waals surface area contributed by atoms with Crippen LogP contribution in [0.3, 0.4) is 0 Å². The molecule has 0 fully saturated rings. The van der Waals surface area contributed by atoms with E-state index in [2.05, 4.69) is 51.3 Å². The molecule has 4 rings (SSSR count). The van der Waals surface area contributed by atoms with Gasteiger partial charge in [0, 0.05) is 12.5 Å². The van der Waals surface area contributed by atoms with Crippen molar-refractivity contribution in [2.75, 3.05) is 4.90 Å². The zero-order chi connectivity index (χ0) is 18.1. The van der Waals surface area contributed by atoms with E-state index in [1.807, 2.05) is 47.4 Å². The van der Waals surface area contributed by atoms with Crippen LogP contribution in [0.1, 0.15) is 23.6 Å². The van der Waals surface area contributed by atoms with Gasteiger partial charge in [0.15, 0.2) is 0 Å². The summed E-state index contributed by atoms with van der Waals surface area (Å²) in [4.78, 5) is 18.6. The van der Waals surface area contributed by atoms with Gasteiger partial charge in [-0.3, -0.25) is 4.79 Å². The Bertz CT molecular complexity index is 1030. The van der Waals surface area contributed by atoms with Crippen LogP contribution >= 0.6 is 15.9 Å². The molecule has 3 aromatic rings. The third-order valence-electron chi connectivity index (χ3n) is 4.54. The van der Waals surface area contributed by atoms with Crippen molar-refractivity contribution in [1.82, 2.24) is 4.98 Å². The number of fused-ring (bicyclic) bond motifs is 2. The molecule has 0 unspecified atom stereocenters. The lowest BCUT2D eigenvalue weighted by atomic mass is 9.97. The van der Waals surface area contributed by atoms with Gasteiger partial charge in [0.25, 0.3) is 0 Å². The maximum atomic E-state index is 12.2. The lowest BCUT2D eigenvalue weighted by Gasteiger charge is -2.26. The number of nitrogens with zero attached hydrogens (tertiary/aromatic N) is 2. The molecule has 26 heavy (non-hydrogen) atoms. The normalized spacial score (nSPS) is 12.8. The van der Waals surface area contributed by atoms with Crippen molar-refractivity contribution in [1.29, 1.82) is 0 Å². The van der Waals surface area contributed by atoms with Crippen molar-refractivity contribution in [3.05, 3.63) is 82.0 Å². The minimum Gasteiger partial charge on any atom is -0.308 e. The van der Waals surface area contributed by atoms with E-state index in [4.69, 9.17) is 0 Å². The zero-order valence-corrected chi connectivity index (χ0v) is 15.9. The highest BCUT2D eigenvalue weighted by atomic mass is 79.9. The summed E-state index contributed by atoms with van der Waals surface area (Å²) in [5.41, 5.74) is 6.17. The van der Waals surface area contributed by atoms with Crippen LogP contribution in [0.2, 0.25) is 0 Å². The van der Waals surface area contributed by atoms with Crippen LogP contribution in [0.15, 0.2) is 65.3 Å². The van der Waals surface area contributed by atoms with E-state index in [9.17, 15) is 4.79 Å². The number of carbonyl (C=O) groups excluding carboxylic acids is 1. The molecular weight excluding hydrogens is 388 g/mol. The van der Waals surface area contributed by atoms with Crippen LogP contribution in [0, 0.1) is 0 Å². The summed E-state index contributed by atoms with van der Waals surface area (Å²) in [6.07, 6.45) is 4.19. The van der Waals surface area contributed by atoms with Gasteiger partial charge < -0.3 is 4.90 Å². The molecule has 1 aliphatic rings. The largest absolute Gasteiger partial charge is 0.308 e. The highest BCUT2D eigenvalue weighted by Crippen LogP contribution is 2.31. The molecule has 0 atom stereocenters. The van der Waals surface area contributed by atoms with Crippen molar-refractivity contribution < 1.29 is 4.79 Å². The van der Waals surface area contributed by atoms with Crippen LogP contribution in [0.4, 0.5) is 5.69 Å². The molecule has 3 nitrogen and oxygen atoms in total. The number of anilines is 1. The third-order valence-corrected chi connectivity index (χ3v) is 4.98. The Hall–Kier alpha value is -2.72. The Labute approximate surface area is 161 Å². The van der Waals surface area contributed by atoms with Gasteiger partial charge in [-0.05, 0) is 56.9 Å². The molecule has 1 amide bonds. The van der Waals surface area contributed by atoms with E-state index in [1.54, 1.807) is 6.92 Å². The summed E-state index contributed by atoms with van der Waals surface area (Å²) in [6.45, 7) is 2.17. The first-order chi connectivity index (χ1) is 12.6. The first kappa shape index (κ1) is 16.7. The molecule has 0 bridgehead atoms. The summed E-state index contributed by atoms with van der Waals surface area (Å²) in [7, 11) is 0. The Balaban J connectivity index is 1.83. The van der Waals surface area contributed by atoms with Crippen LogP contribution in [0.5, 0.6) is 0 Å². The molecule has 128 valence electrons. The van der Waals surface area contributed by atoms with Gasteiger partial charge in [-0.25, -0.2) is 4.98 Å². The number of benzene rings is 2. The van der Waals surface area contributed by atoms with Crippen molar-refractivity contribution in [3.63, 3.8) is 0 Å². The standard InChI is InChI=1S/C22H17BrN2O/c1-15(26)25-14-19-12-11-18(20-6-4-8-22(23)24-20)13-17(19)10-9-16-5-2-3-7-21(16)25/h2-13H,14H2,1H3. The second-order valence-electron chi connectivity index (χ2n) is 6.26.